The van der Waals surface area contributed by atoms with Gasteiger partial charge in [0.25, 0.3) is 0 Å². The number of hydrogen-bond donors (Lipinski definition) is 1. The van der Waals surface area contributed by atoms with Crippen LogP contribution < -0.4 is 4.74 Å². The highest BCUT2D eigenvalue weighted by atomic mass is 19.1. The number of rotatable bonds is 5. The largest absolute Gasteiger partial charge is 0.493 e. The van der Waals surface area contributed by atoms with Gasteiger partial charge >= 0.3 is 0 Å². The van der Waals surface area contributed by atoms with Crippen LogP contribution in [0.25, 0.3) is 0 Å². The van der Waals surface area contributed by atoms with Crippen LogP contribution in [0.4, 0.5) is 4.39 Å². The Kier molecular flexibility index (Phi) is 4.40. The zero-order valence-corrected chi connectivity index (χ0v) is 8.24. The van der Waals surface area contributed by atoms with Gasteiger partial charge in [-0.25, -0.2) is 4.39 Å². The molecular formula is C11H15FO2. The summed E-state index contributed by atoms with van der Waals surface area (Å²) in [4.78, 5) is 0. The van der Waals surface area contributed by atoms with Crippen molar-refractivity contribution in [2.24, 2.45) is 0 Å². The molecule has 0 spiro atoms. The maximum atomic E-state index is 13.1. The first kappa shape index (κ1) is 11.0. The van der Waals surface area contributed by atoms with Gasteiger partial charge in [0.1, 0.15) is 11.9 Å². The maximum absolute atomic E-state index is 13.1. The minimum absolute atomic E-state index is 0.0906. The molecule has 1 rings (SSSR count). The number of benzene rings is 1. The van der Waals surface area contributed by atoms with E-state index in [1.165, 1.54) is 6.92 Å². The highest BCUT2D eigenvalue weighted by Crippen LogP contribution is 2.26. The smallest absolute Gasteiger partial charge is 0.126 e. The van der Waals surface area contributed by atoms with Crippen molar-refractivity contribution in [2.45, 2.75) is 19.5 Å². The van der Waals surface area contributed by atoms with Gasteiger partial charge in [0.2, 0.25) is 0 Å². The molecule has 14 heavy (non-hydrogen) atoms. The first-order chi connectivity index (χ1) is 6.75. The summed E-state index contributed by atoms with van der Waals surface area (Å²) >= 11 is 0. The molecule has 0 aliphatic rings. The van der Waals surface area contributed by atoms with Crippen LogP contribution in [0.2, 0.25) is 0 Å². The third kappa shape index (κ3) is 3.00. The topological polar surface area (TPSA) is 29.5 Å². The molecule has 0 fully saturated rings. The lowest BCUT2D eigenvalue weighted by Crippen LogP contribution is -2.02. The van der Waals surface area contributed by atoms with Gasteiger partial charge < -0.3 is 9.84 Å². The Morgan fingerprint density at radius 2 is 2.14 bits per heavy atom. The molecule has 0 saturated carbocycles. The lowest BCUT2D eigenvalue weighted by atomic mass is 10.1. The van der Waals surface area contributed by atoms with Gasteiger partial charge in [0.05, 0.1) is 6.61 Å². The molecule has 0 bridgehead atoms. The van der Waals surface area contributed by atoms with Gasteiger partial charge in [-0.3, -0.25) is 0 Å². The van der Waals surface area contributed by atoms with Gasteiger partial charge in [-0.15, -0.1) is 0 Å². The second-order valence-electron chi connectivity index (χ2n) is 3.08. The fourth-order valence-corrected chi connectivity index (χ4v) is 1.19. The maximum Gasteiger partial charge on any atom is 0.126 e. The van der Waals surface area contributed by atoms with E-state index >= 15 is 0 Å². The van der Waals surface area contributed by atoms with Gasteiger partial charge in [-0.05, 0) is 13.0 Å². The minimum Gasteiger partial charge on any atom is -0.493 e. The third-order valence-corrected chi connectivity index (χ3v) is 1.91. The number of alkyl halides is 1. The second-order valence-corrected chi connectivity index (χ2v) is 3.08. The van der Waals surface area contributed by atoms with E-state index in [1.807, 2.05) is 0 Å². The number of aliphatic hydroxyl groups excluding tert-OH is 1. The first-order valence-electron chi connectivity index (χ1n) is 4.72. The molecule has 3 heteroatoms. The Morgan fingerprint density at radius 3 is 2.79 bits per heavy atom. The quantitative estimate of drug-likeness (QED) is 0.736. The molecule has 1 atom stereocenters. The standard InChI is InChI=1S/C11H15FO2/c1-9(12)10-5-2-3-6-11(10)14-8-4-7-13/h2-3,5-6,9,13H,4,7-8H2,1H3. The normalized spacial score (nSPS) is 12.5. The first-order valence-corrected chi connectivity index (χ1v) is 4.72. The summed E-state index contributed by atoms with van der Waals surface area (Å²) in [6.45, 7) is 1.99. The number of para-hydroxylation sites is 1. The van der Waals surface area contributed by atoms with Crippen LogP contribution in [-0.4, -0.2) is 18.3 Å². The van der Waals surface area contributed by atoms with Crippen LogP contribution in [0.5, 0.6) is 5.75 Å². The highest BCUT2D eigenvalue weighted by molar-refractivity contribution is 5.34. The molecule has 1 aromatic carbocycles. The molecule has 1 unspecified atom stereocenters. The van der Waals surface area contributed by atoms with Crippen LogP contribution in [0.15, 0.2) is 24.3 Å². The molecule has 78 valence electrons. The predicted molar refractivity (Wildman–Crippen MR) is 53.2 cm³/mol. The van der Waals surface area contributed by atoms with Crippen LogP contribution >= 0.6 is 0 Å². The van der Waals surface area contributed by atoms with E-state index in [0.717, 1.165) is 0 Å². The monoisotopic (exact) mass is 198 g/mol. The van der Waals surface area contributed by atoms with Gasteiger partial charge in [0, 0.05) is 18.6 Å². The zero-order valence-electron chi connectivity index (χ0n) is 8.24. The molecule has 0 amide bonds. The van der Waals surface area contributed by atoms with Crippen molar-refractivity contribution in [3.8, 4) is 5.75 Å². The van der Waals surface area contributed by atoms with E-state index in [1.54, 1.807) is 24.3 Å². The molecule has 1 N–H and O–H groups in total. The summed E-state index contributed by atoms with van der Waals surface area (Å²) in [5, 5.41) is 8.57. The average molecular weight is 198 g/mol. The molecule has 0 aliphatic carbocycles. The van der Waals surface area contributed by atoms with Crippen LogP contribution in [0, 0.1) is 0 Å². The Labute approximate surface area is 83.3 Å². The minimum atomic E-state index is -1.03. The van der Waals surface area contributed by atoms with E-state index in [-0.39, 0.29) is 6.61 Å². The molecule has 0 saturated heterocycles. The van der Waals surface area contributed by atoms with Gasteiger partial charge in [0.15, 0.2) is 0 Å². The highest BCUT2D eigenvalue weighted by Gasteiger charge is 2.08. The number of halogens is 1. The fraction of sp³-hybridized carbons (Fsp3) is 0.455. The van der Waals surface area contributed by atoms with Crippen molar-refractivity contribution in [1.29, 1.82) is 0 Å². The lowest BCUT2D eigenvalue weighted by Gasteiger charge is -2.11. The zero-order chi connectivity index (χ0) is 10.4. The van der Waals surface area contributed by atoms with E-state index in [2.05, 4.69) is 0 Å². The van der Waals surface area contributed by atoms with E-state index in [4.69, 9.17) is 9.84 Å². The number of aliphatic hydroxyl groups is 1. The van der Waals surface area contributed by atoms with Crippen LogP contribution in [-0.2, 0) is 0 Å². The molecule has 1 aromatic rings. The fourth-order valence-electron chi connectivity index (χ4n) is 1.19. The Bertz CT molecular complexity index is 274. The lowest BCUT2D eigenvalue weighted by molar-refractivity contribution is 0.229. The second kappa shape index (κ2) is 5.60. The van der Waals surface area contributed by atoms with E-state index in [9.17, 15) is 4.39 Å². The van der Waals surface area contributed by atoms with Crippen molar-refractivity contribution >= 4 is 0 Å². The molecule has 0 heterocycles. The molecule has 0 aromatic heterocycles. The average Bonchev–Trinajstić information content (AvgIpc) is 2.19. The van der Waals surface area contributed by atoms with Crippen molar-refractivity contribution in [1.82, 2.24) is 0 Å². The Hall–Kier alpha value is -1.09. The summed E-state index contributed by atoms with van der Waals surface area (Å²) in [7, 11) is 0. The van der Waals surface area contributed by atoms with Crippen LogP contribution in [0.3, 0.4) is 0 Å². The van der Waals surface area contributed by atoms with Crippen molar-refractivity contribution in [3.63, 3.8) is 0 Å². The van der Waals surface area contributed by atoms with Gasteiger partial charge in [-0.2, -0.15) is 0 Å². The van der Waals surface area contributed by atoms with E-state index in [0.29, 0.717) is 24.3 Å². The SMILES string of the molecule is CC(F)c1ccccc1OCCCO. The summed E-state index contributed by atoms with van der Waals surface area (Å²) in [5.74, 6) is 0.566. The van der Waals surface area contributed by atoms with Gasteiger partial charge in [-0.1, -0.05) is 18.2 Å². The van der Waals surface area contributed by atoms with Crippen molar-refractivity contribution in [2.75, 3.05) is 13.2 Å². The summed E-state index contributed by atoms with van der Waals surface area (Å²) in [5.41, 5.74) is 0.561. The number of hydrogen-bond acceptors (Lipinski definition) is 2. The molecule has 0 aliphatic heterocycles. The predicted octanol–water partition coefficient (Wildman–Crippen LogP) is 2.48. The van der Waals surface area contributed by atoms with E-state index < -0.39 is 6.17 Å². The number of ether oxygens (including phenoxy) is 1. The summed E-state index contributed by atoms with van der Waals surface area (Å²) in [6.07, 6.45) is -0.463. The summed E-state index contributed by atoms with van der Waals surface area (Å²) in [6, 6.07) is 7.03. The molecular weight excluding hydrogens is 183 g/mol. The third-order valence-electron chi connectivity index (χ3n) is 1.91. The van der Waals surface area contributed by atoms with Crippen molar-refractivity contribution < 1.29 is 14.2 Å². The van der Waals surface area contributed by atoms with Crippen molar-refractivity contribution in [3.05, 3.63) is 29.8 Å². The molecule has 0 radical (unpaired) electrons. The Balaban J connectivity index is 2.64. The molecule has 2 nitrogen and oxygen atoms in total. The van der Waals surface area contributed by atoms with Crippen LogP contribution in [0.1, 0.15) is 25.1 Å². The summed E-state index contributed by atoms with van der Waals surface area (Å²) < 4.78 is 18.4. The Morgan fingerprint density at radius 1 is 1.43 bits per heavy atom.